The van der Waals surface area contributed by atoms with E-state index in [1.165, 1.54) is 321 Å². The normalized spacial score (nSPS) is 12.5. The predicted octanol–water partition coefficient (Wildman–Crippen LogP) is 21.6. The van der Waals surface area contributed by atoms with E-state index in [1.54, 1.807) is 6.08 Å². The molecule has 0 fully saturated rings. The molecule has 3 N–H and O–H groups in total. The van der Waals surface area contributed by atoms with Crippen LogP contribution < -0.4 is 5.32 Å². The van der Waals surface area contributed by atoms with E-state index >= 15 is 0 Å². The number of unbranched alkanes of at least 4 members (excludes halogenated alkanes) is 53. The van der Waals surface area contributed by atoms with Crippen molar-refractivity contribution >= 4 is 11.9 Å². The van der Waals surface area contributed by atoms with Crippen LogP contribution in [-0.2, 0) is 14.3 Å². The number of ether oxygens (including phenoxy) is 1. The van der Waals surface area contributed by atoms with Crippen molar-refractivity contribution in [1.82, 2.24) is 5.32 Å². The number of esters is 1. The molecule has 0 aliphatic rings. The highest BCUT2D eigenvalue weighted by molar-refractivity contribution is 5.76. The molecule has 6 heteroatoms. The van der Waals surface area contributed by atoms with Gasteiger partial charge in [-0.15, -0.1) is 0 Å². The zero-order valence-corrected chi connectivity index (χ0v) is 50.4. The van der Waals surface area contributed by atoms with Crippen LogP contribution in [0.5, 0.6) is 0 Å². The Morgan fingerprint density at radius 1 is 0.365 bits per heavy atom. The van der Waals surface area contributed by atoms with Gasteiger partial charge in [0.1, 0.15) is 0 Å². The molecule has 74 heavy (non-hydrogen) atoms. The standard InChI is InChI=1S/C68H133NO5/c1-3-5-7-9-11-13-15-17-19-21-23-24-26-28-32-36-40-44-48-52-56-60-66(71)65(64-70)69-67(72)61-57-53-49-45-41-37-33-29-27-31-35-39-43-47-51-55-59-63-74-68(73)62-58-54-50-46-42-38-34-30-25-22-20-18-16-14-12-10-8-6-4-2/h56,60,65-66,70-71H,3-55,57-59,61-64H2,1-2H3,(H,69,72)/b60-56+. The quantitative estimate of drug-likeness (QED) is 0.0320. The molecule has 440 valence electrons. The van der Waals surface area contributed by atoms with Crippen molar-refractivity contribution in [2.24, 2.45) is 0 Å². The number of amides is 1. The second-order valence-electron chi connectivity index (χ2n) is 23.5. The zero-order chi connectivity index (χ0) is 53.6. The van der Waals surface area contributed by atoms with Crippen LogP contribution in [0.2, 0.25) is 0 Å². The molecule has 0 saturated carbocycles. The molecular formula is C68H133NO5. The van der Waals surface area contributed by atoms with E-state index < -0.39 is 12.1 Å². The fourth-order valence-corrected chi connectivity index (χ4v) is 10.9. The van der Waals surface area contributed by atoms with Gasteiger partial charge in [-0.2, -0.15) is 0 Å². The number of aliphatic hydroxyl groups is 2. The van der Waals surface area contributed by atoms with Gasteiger partial charge in [-0.05, 0) is 32.1 Å². The number of aliphatic hydroxyl groups excluding tert-OH is 2. The lowest BCUT2D eigenvalue weighted by atomic mass is 10.0. The van der Waals surface area contributed by atoms with Gasteiger partial charge in [0, 0.05) is 12.8 Å². The third-order valence-corrected chi connectivity index (χ3v) is 16.1. The minimum Gasteiger partial charge on any atom is -0.466 e. The Labute approximate surface area is 463 Å². The Hall–Kier alpha value is -1.40. The SMILES string of the molecule is CCCCCCCCCCCCCCCCCCCCC/C=C/C(O)C(CO)NC(=O)CCCCCCCCCCCCCCCCCCCOC(=O)CCCCCCCCCCCCCCCCCCCCC. The lowest BCUT2D eigenvalue weighted by Crippen LogP contribution is -2.45. The molecule has 6 nitrogen and oxygen atoms in total. The highest BCUT2D eigenvalue weighted by Crippen LogP contribution is 2.19. The Morgan fingerprint density at radius 3 is 0.919 bits per heavy atom. The van der Waals surface area contributed by atoms with Crippen LogP contribution in [0.4, 0.5) is 0 Å². The summed E-state index contributed by atoms with van der Waals surface area (Å²) in [4.78, 5) is 24.6. The van der Waals surface area contributed by atoms with Gasteiger partial charge in [0.15, 0.2) is 0 Å². The number of hydrogen-bond donors (Lipinski definition) is 3. The van der Waals surface area contributed by atoms with Gasteiger partial charge in [-0.25, -0.2) is 0 Å². The van der Waals surface area contributed by atoms with E-state index in [0.717, 1.165) is 38.5 Å². The van der Waals surface area contributed by atoms with E-state index in [0.29, 0.717) is 19.4 Å². The van der Waals surface area contributed by atoms with Crippen molar-refractivity contribution in [2.45, 2.75) is 398 Å². The van der Waals surface area contributed by atoms with Gasteiger partial charge in [0.05, 0.1) is 25.4 Å². The van der Waals surface area contributed by atoms with E-state index in [-0.39, 0.29) is 18.5 Å². The molecule has 0 aromatic heterocycles. The van der Waals surface area contributed by atoms with E-state index in [4.69, 9.17) is 4.74 Å². The van der Waals surface area contributed by atoms with Crippen LogP contribution in [0.3, 0.4) is 0 Å². The summed E-state index contributed by atoms with van der Waals surface area (Å²) in [5.74, 6) is -0.0582. The average Bonchev–Trinajstić information content (AvgIpc) is 3.40. The molecule has 0 aromatic rings. The lowest BCUT2D eigenvalue weighted by Gasteiger charge is -2.20. The summed E-state index contributed by atoms with van der Waals surface area (Å²) in [6.45, 7) is 4.94. The Kier molecular flexibility index (Phi) is 62.9. The number of carbonyl (C=O) groups excluding carboxylic acids is 2. The Balaban J connectivity index is 3.41. The van der Waals surface area contributed by atoms with E-state index in [2.05, 4.69) is 19.2 Å². The number of hydrogen-bond acceptors (Lipinski definition) is 5. The van der Waals surface area contributed by atoms with E-state index in [9.17, 15) is 19.8 Å². The summed E-state index contributed by atoms with van der Waals surface area (Å²) in [5, 5.41) is 23.2. The van der Waals surface area contributed by atoms with Gasteiger partial charge in [-0.3, -0.25) is 9.59 Å². The molecule has 0 rings (SSSR count). The highest BCUT2D eigenvalue weighted by atomic mass is 16.5. The lowest BCUT2D eigenvalue weighted by molar-refractivity contribution is -0.143. The molecule has 1 amide bonds. The Morgan fingerprint density at radius 2 is 0.622 bits per heavy atom. The second kappa shape index (κ2) is 64.1. The first-order chi connectivity index (χ1) is 36.5. The van der Waals surface area contributed by atoms with Crippen molar-refractivity contribution in [3.05, 3.63) is 12.2 Å². The van der Waals surface area contributed by atoms with Gasteiger partial charge in [0.2, 0.25) is 5.91 Å². The predicted molar refractivity (Wildman–Crippen MR) is 324 cm³/mol. The maximum atomic E-state index is 12.5. The van der Waals surface area contributed by atoms with Gasteiger partial charge >= 0.3 is 5.97 Å². The summed E-state index contributed by atoms with van der Waals surface area (Å²) in [7, 11) is 0. The van der Waals surface area contributed by atoms with Crippen LogP contribution in [0, 0.1) is 0 Å². The third-order valence-electron chi connectivity index (χ3n) is 16.1. The fraction of sp³-hybridized carbons (Fsp3) is 0.941. The minimum atomic E-state index is -0.848. The van der Waals surface area contributed by atoms with Crippen molar-refractivity contribution in [1.29, 1.82) is 0 Å². The highest BCUT2D eigenvalue weighted by Gasteiger charge is 2.18. The van der Waals surface area contributed by atoms with Crippen molar-refractivity contribution in [2.75, 3.05) is 13.2 Å². The second-order valence-corrected chi connectivity index (χ2v) is 23.5. The van der Waals surface area contributed by atoms with Gasteiger partial charge in [0.25, 0.3) is 0 Å². The monoisotopic (exact) mass is 1040 g/mol. The van der Waals surface area contributed by atoms with Crippen molar-refractivity contribution in [3.8, 4) is 0 Å². The summed E-state index contributed by atoms with van der Waals surface area (Å²) < 4.78 is 5.51. The first-order valence-corrected chi connectivity index (χ1v) is 34.0. The first-order valence-electron chi connectivity index (χ1n) is 34.0. The molecule has 0 aliphatic carbocycles. The average molecular weight is 1040 g/mol. The summed E-state index contributed by atoms with van der Waals surface area (Å²) >= 11 is 0. The van der Waals surface area contributed by atoms with Crippen molar-refractivity contribution < 1.29 is 24.5 Å². The molecule has 0 aliphatic heterocycles. The molecule has 0 saturated heterocycles. The topological polar surface area (TPSA) is 95.9 Å². The van der Waals surface area contributed by atoms with Gasteiger partial charge < -0.3 is 20.3 Å². The number of nitrogens with one attached hydrogen (secondary N) is 1. The molecule has 0 bridgehead atoms. The van der Waals surface area contributed by atoms with E-state index in [1.807, 2.05) is 6.08 Å². The molecule has 0 aromatic carbocycles. The summed E-state index contributed by atoms with van der Waals surface area (Å²) in [5.41, 5.74) is 0. The molecule has 0 spiro atoms. The van der Waals surface area contributed by atoms with Crippen LogP contribution in [-0.4, -0.2) is 47.4 Å². The molecule has 2 unspecified atom stereocenters. The maximum Gasteiger partial charge on any atom is 0.305 e. The molecule has 0 radical (unpaired) electrons. The van der Waals surface area contributed by atoms with Gasteiger partial charge in [-0.1, -0.05) is 353 Å². The molecule has 2 atom stereocenters. The van der Waals surface area contributed by atoms with Crippen LogP contribution >= 0.6 is 0 Å². The fourth-order valence-electron chi connectivity index (χ4n) is 10.9. The number of rotatable bonds is 64. The minimum absolute atomic E-state index is 0.0105. The largest absolute Gasteiger partial charge is 0.466 e. The first kappa shape index (κ1) is 72.6. The summed E-state index contributed by atoms with van der Waals surface area (Å²) in [6.07, 6.45) is 78.4. The molecular weight excluding hydrogens is 911 g/mol. The number of allylic oxidation sites excluding steroid dienone is 1. The molecule has 0 heterocycles. The maximum absolute atomic E-state index is 12.5. The Bertz CT molecular complexity index is 1110. The van der Waals surface area contributed by atoms with Crippen LogP contribution in [0.1, 0.15) is 386 Å². The zero-order valence-electron chi connectivity index (χ0n) is 50.4. The third kappa shape index (κ3) is 59.8. The smallest absolute Gasteiger partial charge is 0.305 e. The van der Waals surface area contributed by atoms with Crippen LogP contribution in [0.15, 0.2) is 12.2 Å². The van der Waals surface area contributed by atoms with Crippen LogP contribution in [0.25, 0.3) is 0 Å². The number of carbonyl (C=O) groups is 2. The summed E-state index contributed by atoms with van der Waals surface area (Å²) in [6, 6.07) is -0.632. The van der Waals surface area contributed by atoms with Crippen molar-refractivity contribution in [3.63, 3.8) is 0 Å².